The Morgan fingerprint density at radius 2 is 1.94 bits per heavy atom. The third-order valence-electron chi connectivity index (χ3n) is 4.73. The average molecular weight is 311 g/mol. The number of nitrogens with zero attached hydrogens (tertiary/aromatic N) is 1. The molecule has 1 amide bonds. The summed E-state index contributed by atoms with van der Waals surface area (Å²) in [5, 5.41) is 2.98. The molecule has 0 aliphatic heterocycles. The SMILES string of the molecule is CC1(C)C(CNC(=O)c2cccc(Br)n2)C1(C)C. The van der Waals surface area contributed by atoms with Crippen molar-refractivity contribution in [2.45, 2.75) is 27.7 Å². The van der Waals surface area contributed by atoms with Gasteiger partial charge >= 0.3 is 0 Å². The van der Waals surface area contributed by atoms with Gasteiger partial charge < -0.3 is 5.32 Å². The van der Waals surface area contributed by atoms with Crippen molar-refractivity contribution >= 4 is 21.8 Å². The fourth-order valence-electron chi connectivity index (χ4n) is 2.66. The zero-order valence-electron chi connectivity index (χ0n) is 11.2. The summed E-state index contributed by atoms with van der Waals surface area (Å²) in [5.74, 6) is 0.427. The number of aromatic nitrogens is 1. The van der Waals surface area contributed by atoms with Crippen molar-refractivity contribution in [2.24, 2.45) is 16.7 Å². The molecule has 18 heavy (non-hydrogen) atoms. The van der Waals surface area contributed by atoms with Gasteiger partial charge in [-0.05, 0) is 44.8 Å². The van der Waals surface area contributed by atoms with E-state index in [4.69, 9.17) is 0 Å². The quantitative estimate of drug-likeness (QED) is 0.871. The van der Waals surface area contributed by atoms with Crippen LogP contribution in [0.3, 0.4) is 0 Å². The van der Waals surface area contributed by atoms with Crippen molar-refractivity contribution in [1.29, 1.82) is 0 Å². The van der Waals surface area contributed by atoms with Crippen LogP contribution in [0.4, 0.5) is 0 Å². The lowest BCUT2D eigenvalue weighted by atomic mass is 10.0. The molecule has 3 nitrogen and oxygen atoms in total. The van der Waals surface area contributed by atoms with Crippen LogP contribution in [0.1, 0.15) is 38.2 Å². The molecule has 1 heterocycles. The minimum atomic E-state index is -0.102. The van der Waals surface area contributed by atoms with E-state index in [2.05, 4.69) is 53.9 Å². The third-order valence-corrected chi connectivity index (χ3v) is 5.18. The highest BCUT2D eigenvalue weighted by Crippen LogP contribution is 2.67. The summed E-state index contributed by atoms with van der Waals surface area (Å²) in [7, 11) is 0. The molecule has 0 radical (unpaired) electrons. The van der Waals surface area contributed by atoms with Crippen molar-refractivity contribution in [2.75, 3.05) is 6.54 Å². The molecule has 4 heteroatoms. The van der Waals surface area contributed by atoms with E-state index in [-0.39, 0.29) is 5.91 Å². The third kappa shape index (κ3) is 2.18. The van der Waals surface area contributed by atoms with E-state index in [1.807, 2.05) is 12.1 Å². The van der Waals surface area contributed by atoms with Gasteiger partial charge in [0, 0.05) is 6.54 Å². The number of hydrogen-bond donors (Lipinski definition) is 1. The van der Waals surface area contributed by atoms with Gasteiger partial charge in [-0.25, -0.2) is 4.98 Å². The van der Waals surface area contributed by atoms with E-state index in [9.17, 15) is 4.79 Å². The Morgan fingerprint density at radius 3 is 2.44 bits per heavy atom. The molecule has 1 saturated carbocycles. The maximum atomic E-state index is 12.0. The van der Waals surface area contributed by atoms with Crippen molar-refractivity contribution in [1.82, 2.24) is 10.3 Å². The van der Waals surface area contributed by atoms with Crippen LogP contribution >= 0.6 is 15.9 Å². The van der Waals surface area contributed by atoms with Crippen LogP contribution in [-0.4, -0.2) is 17.4 Å². The number of hydrogen-bond acceptors (Lipinski definition) is 2. The number of amides is 1. The van der Waals surface area contributed by atoms with Crippen LogP contribution in [0.5, 0.6) is 0 Å². The molecule has 1 aromatic rings. The number of nitrogens with one attached hydrogen (secondary N) is 1. The Balaban J connectivity index is 1.95. The lowest BCUT2D eigenvalue weighted by Crippen LogP contribution is -2.27. The first-order valence-electron chi connectivity index (χ1n) is 6.17. The van der Waals surface area contributed by atoms with E-state index < -0.39 is 0 Å². The van der Waals surface area contributed by atoms with Crippen LogP contribution in [0.2, 0.25) is 0 Å². The summed E-state index contributed by atoms with van der Waals surface area (Å²) in [6.07, 6.45) is 0. The van der Waals surface area contributed by atoms with Crippen LogP contribution in [0.25, 0.3) is 0 Å². The molecular formula is C14H19BrN2O. The second kappa shape index (κ2) is 4.34. The highest BCUT2D eigenvalue weighted by Gasteiger charge is 2.64. The molecule has 1 aromatic heterocycles. The van der Waals surface area contributed by atoms with Gasteiger partial charge in [-0.2, -0.15) is 0 Å². The Kier molecular flexibility index (Phi) is 3.26. The van der Waals surface area contributed by atoms with Crippen molar-refractivity contribution in [3.63, 3.8) is 0 Å². The molecule has 0 unspecified atom stereocenters. The van der Waals surface area contributed by atoms with Gasteiger partial charge in [0.25, 0.3) is 5.91 Å². The van der Waals surface area contributed by atoms with Crippen LogP contribution in [0.15, 0.2) is 22.8 Å². The lowest BCUT2D eigenvalue weighted by Gasteiger charge is -2.06. The second-order valence-electron chi connectivity index (χ2n) is 6.05. The molecule has 1 aliphatic carbocycles. The van der Waals surface area contributed by atoms with E-state index in [0.29, 0.717) is 33.6 Å². The molecule has 0 spiro atoms. The second-order valence-corrected chi connectivity index (χ2v) is 6.86. The standard InChI is InChI=1S/C14H19BrN2O/c1-13(2)10(14(13,3)4)8-16-12(18)9-6-5-7-11(15)17-9/h5-7,10H,8H2,1-4H3,(H,16,18). The Hall–Kier alpha value is -0.900. The predicted octanol–water partition coefficient (Wildman–Crippen LogP) is 3.26. The van der Waals surface area contributed by atoms with Gasteiger partial charge in [0.05, 0.1) is 0 Å². The lowest BCUT2D eigenvalue weighted by molar-refractivity contribution is 0.0944. The fraction of sp³-hybridized carbons (Fsp3) is 0.571. The summed E-state index contributed by atoms with van der Waals surface area (Å²) >= 11 is 3.27. The van der Waals surface area contributed by atoms with Gasteiger partial charge in [-0.3, -0.25) is 4.79 Å². The summed E-state index contributed by atoms with van der Waals surface area (Å²) < 4.78 is 0.683. The Bertz CT molecular complexity index is 468. The molecule has 0 bridgehead atoms. The average Bonchev–Trinajstić information content (AvgIpc) is 2.66. The number of pyridine rings is 1. The summed E-state index contributed by atoms with van der Waals surface area (Å²) in [6.45, 7) is 9.72. The highest BCUT2D eigenvalue weighted by atomic mass is 79.9. The summed E-state index contributed by atoms with van der Waals surface area (Å²) in [5.41, 5.74) is 1.05. The van der Waals surface area contributed by atoms with Gasteiger partial charge in [0.15, 0.2) is 0 Å². The number of carbonyl (C=O) groups is 1. The Labute approximate surface area is 117 Å². The van der Waals surface area contributed by atoms with Crippen LogP contribution in [0, 0.1) is 16.7 Å². The number of carbonyl (C=O) groups excluding carboxylic acids is 1. The predicted molar refractivity (Wildman–Crippen MR) is 75.3 cm³/mol. The highest BCUT2D eigenvalue weighted by molar-refractivity contribution is 9.10. The first-order valence-corrected chi connectivity index (χ1v) is 6.97. The molecule has 1 N–H and O–H groups in total. The molecule has 1 aliphatic rings. The fourth-order valence-corrected chi connectivity index (χ4v) is 3.01. The molecule has 1 fully saturated rings. The molecule has 98 valence electrons. The zero-order chi connectivity index (χ0) is 13.6. The van der Waals surface area contributed by atoms with Gasteiger partial charge in [-0.1, -0.05) is 33.8 Å². The van der Waals surface area contributed by atoms with E-state index in [1.54, 1.807) is 6.07 Å². The van der Waals surface area contributed by atoms with Crippen LogP contribution in [-0.2, 0) is 0 Å². The first-order chi connectivity index (χ1) is 8.26. The summed E-state index contributed by atoms with van der Waals surface area (Å²) in [4.78, 5) is 16.1. The maximum Gasteiger partial charge on any atom is 0.269 e. The molecule has 0 atom stereocenters. The molecular weight excluding hydrogens is 292 g/mol. The largest absolute Gasteiger partial charge is 0.350 e. The van der Waals surface area contributed by atoms with E-state index in [1.165, 1.54) is 0 Å². The molecule has 0 saturated heterocycles. The van der Waals surface area contributed by atoms with Crippen molar-refractivity contribution < 1.29 is 4.79 Å². The molecule has 2 rings (SSSR count). The first kappa shape index (κ1) is 13.5. The van der Waals surface area contributed by atoms with Gasteiger partial charge in [0.2, 0.25) is 0 Å². The van der Waals surface area contributed by atoms with Gasteiger partial charge in [0.1, 0.15) is 10.3 Å². The Morgan fingerprint density at radius 1 is 1.33 bits per heavy atom. The van der Waals surface area contributed by atoms with Gasteiger partial charge in [-0.15, -0.1) is 0 Å². The van der Waals surface area contributed by atoms with Crippen LogP contribution < -0.4 is 5.32 Å². The monoisotopic (exact) mass is 310 g/mol. The minimum absolute atomic E-state index is 0.102. The number of halogens is 1. The minimum Gasteiger partial charge on any atom is -0.350 e. The van der Waals surface area contributed by atoms with Crippen molar-refractivity contribution in [3.05, 3.63) is 28.5 Å². The maximum absolute atomic E-state index is 12.0. The van der Waals surface area contributed by atoms with E-state index in [0.717, 1.165) is 0 Å². The topological polar surface area (TPSA) is 42.0 Å². The van der Waals surface area contributed by atoms with E-state index >= 15 is 0 Å². The van der Waals surface area contributed by atoms with Crippen molar-refractivity contribution in [3.8, 4) is 0 Å². The number of rotatable bonds is 3. The molecule has 0 aromatic carbocycles. The zero-order valence-corrected chi connectivity index (χ0v) is 12.8. The normalized spacial score (nSPS) is 20.5. The summed E-state index contributed by atoms with van der Waals surface area (Å²) in [6, 6.07) is 5.35. The smallest absolute Gasteiger partial charge is 0.269 e.